The van der Waals surface area contributed by atoms with Crippen LogP contribution < -0.4 is 4.90 Å². The van der Waals surface area contributed by atoms with E-state index in [2.05, 4.69) is 57.0 Å². The van der Waals surface area contributed by atoms with Crippen molar-refractivity contribution in [1.82, 2.24) is 19.9 Å². The minimum absolute atomic E-state index is 0.256. The fraction of sp³-hybridized carbons (Fsp3) is 0.182. The summed E-state index contributed by atoms with van der Waals surface area (Å²) in [6, 6.07) is 16.0. The molecule has 0 bridgehead atoms. The van der Waals surface area contributed by atoms with Gasteiger partial charge in [-0.15, -0.1) is 0 Å². The molecule has 0 amide bonds. The van der Waals surface area contributed by atoms with Crippen LogP contribution in [0.15, 0.2) is 61.1 Å². The topological polar surface area (TPSA) is 68.3 Å². The molecule has 0 aliphatic rings. The number of aromatic hydroxyl groups is 1. The van der Waals surface area contributed by atoms with E-state index in [1.165, 1.54) is 5.56 Å². The Balaban J connectivity index is 1.92. The summed E-state index contributed by atoms with van der Waals surface area (Å²) in [6.45, 7) is 2.72. The molecule has 0 aliphatic carbocycles. The number of nitrogens with zero attached hydrogens (tertiary/aromatic N) is 4. The van der Waals surface area contributed by atoms with Crippen molar-refractivity contribution in [3.8, 4) is 5.75 Å². The average Bonchev–Trinajstić information content (AvgIpc) is 3.14. The average molecular weight is 373 g/mol. The van der Waals surface area contributed by atoms with Crippen molar-refractivity contribution in [1.29, 1.82) is 0 Å². The highest BCUT2D eigenvalue weighted by Gasteiger charge is 2.18. The Morgan fingerprint density at radius 2 is 1.82 bits per heavy atom. The summed E-state index contributed by atoms with van der Waals surface area (Å²) in [5, 5.41) is 11.2. The molecule has 2 aromatic heterocycles. The molecule has 0 saturated heterocycles. The fourth-order valence-electron chi connectivity index (χ4n) is 3.33. The molecule has 28 heavy (non-hydrogen) atoms. The molecule has 6 heteroatoms. The van der Waals surface area contributed by atoms with Gasteiger partial charge < -0.3 is 15.0 Å². The Labute approximate surface area is 164 Å². The van der Waals surface area contributed by atoms with Crippen molar-refractivity contribution in [2.75, 3.05) is 19.0 Å². The molecule has 0 radical (unpaired) electrons. The van der Waals surface area contributed by atoms with E-state index in [-0.39, 0.29) is 5.75 Å². The third-order valence-corrected chi connectivity index (χ3v) is 4.66. The first-order chi connectivity index (χ1) is 13.5. The van der Waals surface area contributed by atoms with Crippen LogP contribution in [0, 0.1) is 6.92 Å². The van der Waals surface area contributed by atoms with Gasteiger partial charge in [0.25, 0.3) is 0 Å². The summed E-state index contributed by atoms with van der Waals surface area (Å²) in [6.07, 6.45) is 3.41. The van der Waals surface area contributed by atoms with Crippen molar-refractivity contribution in [3.63, 3.8) is 0 Å². The molecule has 4 aromatic rings. The van der Waals surface area contributed by atoms with Crippen LogP contribution >= 0.6 is 0 Å². The summed E-state index contributed by atoms with van der Waals surface area (Å²) in [4.78, 5) is 16.2. The van der Waals surface area contributed by atoms with Gasteiger partial charge in [-0.05, 0) is 56.4 Å². The van der Waals surface area contributed by atoms with Gasteiger partial charge in [-0.25, -0.2) is 9.97 Å². The minimum Gasteiger partial charge on any atom is -0.508 e. The Hall–Kier alpha value is -3.38. The van der Waals surface area contributed by atoms with Gasteiger partial charge in [0.05, 0.1) is 11.1 Å². The number of anilines is 3. The first-order valence-corrected chi connectivity index (χ1v) is 9.14. The van der Waals surface area contributed by atoms with E-state index in [1.54, 1.807) is 12.4 Å². The lowest BCUT2D eigenvalue weighted by atomic mass is 10.1. The summed E-state index contributed by atoms with van der Waals surface area (Å²) in [7, 11) is 4.10. The summed E-state index contributed by atoms with van der Waals surface area (Å²) in [5.74, 6) is 1.02. The van der Waals surface area contributed by atoms with Crippen LogP contribution in [0.4, 0.5) is 17.2 Å². The number of hydrogen-bond acceptors (Lipinski definition) is 5. The summed E-state index contributed by atoms with van der Waals surface area (Å²) in [5.41, 5.74) is 4.62. The SMILES string of the molecule is Cc1ccc(N(c2cccc(CN(C)C)c2)c2ncnc3[nH]ccc23)cc1O. The highest BCUT2D eigenvalue weighted by molar-refractivity contribution is 5.93. The Morgan fingerprint density at radius 3 is 2.61 bits per heavy atom. The van der Waals surface area contributed by atoms with Crippen molar-refractivity contribution < 1.29 is 5.11 Å². The van der Waals surface area contributed by atoms with Gasteiger partial charge in [-0.2, -0.15) is 0 Å². The maximum absolute atomic E-state index is 10.3. The van der Waals surface area contributed by atoms with Crippen LogP contribution in [0.1, 0.15) is 11.1 Å². The smallest absolute Gasteiger partial charge is 0.150 e. The van der Waals surface area contributed by atoms with Gasteiger partial charge in [0, 0.05) is 24.5 Å². The molecule has 2 aromatic carbocycles. The first-order valence-electron chi connectivity index (χ1n) is 9.14. The lowest BCUT2D eigenvalue weighted by molar-refractivity contribution is 0.402. The maximum Gasteiger partial charge on any atom is 0.150 e. The van der Waals surface area contributed by atoms with E-state index >= 15 is 0 Å². The molecule has 0 saturated carbocycles. The zero-order valence-electron chi connectivity index (χ0n) is 16.2. The van der Waals surface area contributed by atoms with Crippen molar-refractivity contribution in [2.24, 2.45) is 0 Å². The molecular formula is C22H23N5O. The van der Waals surface area contributed by atoms with Crippen LogP contribution in [0.3, 0.4) is 0 Å². The molecule has 0 aliphatic heterocycles. The van der Waals surface area contributed by atoms with Crippen molar-refractivity contribution in [3.05, 3.63) is 72.2 Å². The van der Waals surface area contributed by atoms with Crippen LogP contribution in [-0.4, -0.2) is 39.1 Å². The van der Waals surface area contributed by atoms with Gasteiger partial charge in [0.15, 0.2) is 5.82 Å². The molecule has 2 heterocycles. The third-order valence-electron chi connectivity index (χ3n) is 4.66. The van der Waals surface area contributed by atoms with Gasteiger partial charge >= 0.3 is 0 Å². The van der Waals surface area contributed by atoms with E-state index in [0.717, 1.165) is 40.3 Å². The highest BCUT2D eigenvalue weighted by atomic mass is 16.3. The molecule has 4 rings (SSSR count). The second kappa shape index (κ2) is 7.32. The molecule has 0 fully saturated rings. The Kier molecular flexibility index (Phi) is 4.71. The molecular weight excluding hydrogens is 350 g/mol. The van der Waals surface area contributed by atoms with Crippen molar-refractivity contribution in [2.45, 2.75) is 13.5 Å². The number of H-pyrrole nitrogens is 1. The molecule has 142 valence electrons. The van der Waals surface area contributed by atoms with E-state index in [0.29, 0.717) is 0 Å². The molecule has 2 N–H and O–H groups in total. The number of fused-ring (bicyclic) bond motifs is 1. The largest absolute Gasteiger partial charge is 0.508 e. The summed E-state index contributed by atoms with van der Waals surface area (Å²) >= 11 is 0. The lowest BCUT2D eigenvalue weighted by Crippen LogP contribution is -2.14. The Bertz CT molecular complexity index is 1120. The van der Waals surface area contributed by atoms with Gasteiger partial charge in [-0.3, -0.25) is 4.90 Å². The van der Waals surface area contributed by atoms with E-state index in [4.69, 9.17) is 0 Å². The maximum atomic E-state index is 10.3. The molecule has 0 unspecified atom stereocenters. The zero-order valence-corrected chi connectivity index (χ0v) is 16.2. The second-order valence-corrected chi connectivity index (χ2v) is 7.15. The van der Waals surface area contributed by atoms with Crippen LogP contribution in [0.5, 0.6) is 5.75 Å². The Morgan fingerprint density at radius 1 is 1.00 bits per heavy atom. The predicted octanol–water partition coefficient (Wildman–Crippen LogP) is 4.50. The molecule has 6 nitrogen and oxygen atoms in total. The van der Waals surface area contributed by atoms with Gasteiger partial charge in [0.2, 0.25) is 0 Å². The van der Waals surface area contributed by atoms with Crippen molar-refractivity contribution >= 4 is 28.2 Å². The highest BCUT2D eigenvalue weighted by Crippen LogP contribution is 2.38. The first kappa shape index (κ1) is 18.0. The number of nitrogens with one attached hydrogen (secondary N) is 1. The van der Waals surface area contributed by atoms with E-state index < -0.39 is 0 Å². The quantitative estimate of drug-likeness (QED) is 0.539. The van der Waals surface area contributed by atoms with Crippen LogP contribution in [0.25, 0.3) is 11.0 Å². The predicted molar refractivity (Wildman–Crippen MR) is 112 cm³/mol. The second-order valence-electron chi connectivity index (χ2n) is 7.15. The zero-order chi connectivity index (χ0) is 19.7. The number of phenols is 1. The number of phenolic OH excluding ortho intramolecular Hbond substituents is 1. The summed E-state index contributed by atoms with van der Waals surface area (Å²) < 4.78 is 0. The monoisotopic (exact) mass is 373 g/mol. The lowest BCUT2D eigenvalue weighted by Gasteiger charge is -2.26. The number of aromatic amines is 1. The van der Waals surface area contributed by atoms with E-state index in [1.807, 2.05) is 37.4 Å². The normalized spacial score (nSPS) is 11.3. The third kappa shape index (κ3) is 3.42. The van der Waals surface area contributed by atoms with Crippen LogP contribution in [-0.2, 0) is 6.54 Å². The number of benzene rings is 2. The number of rotatable bonds is 5. The number of aromatic nitrogens is 3. The van der Waals surface area contributed by atoms with Gasteiger partial charge in [-0.1, -0.05) is 18.2 Å². The fourth-order valence-corrected chi connectivity index (χ4v) is 3.33. The molecule has 0 atom stereocenters. The number of hydrogen-bond donors (Lipinski definition) is 2. The number of aryl methyl sites for hydroxylation is 1. The molecule has 0 spiro atoms. The van der Waals surface area contributed by atoms with E-state index in [9.17, 15) is 5.11 Å². The van der Waals surface area contributed by atoms with Gasteiger partial charge in [0.1, 0.15) is 17.7 Å². The standard InChI is InChI=1S/C22H23N5O/c1-15-7-8-18(12-20(15)28)27(17-6-4-5-16(11-17)13-26(2)3)22-19-9-10-23-21(19)24-14-25-22/h4-12,14,28H,13H2,1-3H3,(H,23,24,25). The minimum atomic E-state index is 0.256. The van der Waals surface area contributed by atoms with Crippen LogP contribution in [0.2, 0.25) is 0 Å².